The highest BCUT2D eigenvalue weighted by atomic mass is 32.1. The van der Waals surface area contributed by atoms with Crippen molar-refractivity contribution < 1.29 is 0 Å². The maximum atomic E-state index is 5.12. The van der Waals surface area contributed by atoms with Crippen LogP contribution in [-0.2, 0) is 0 Å². The molecule has 5 atom stereocenters. The Hall–Kier alpha value is -3.20. The third-order valence-electron chi connectivity index (χ3n) is 9.40. The van der Waals surface area contributed by atoms with E-state index in [-0.39, 0.29) is 5.25 Å². The summed E-state index contributed by atoms with van der Waals surface area (Å²) in [6.07, 6.45) is 23.6. The predicted molar refractivity (Wildman–Crippen MR) is 171 cm³/mol. The molecular formula is C37H30S2. The van der Waals surface area contributed by atoms with Crippen molar-refractivity contribution in [3.63, 3.8) is 0 Å². The van der Waals surface area contributed by atoms with Crippen molar-refractivity contribution in [2.24, 2.45) is 23.7 Å². The summed E-state index contributed by atoms with van der Waals surface area (Å²) in [5.74, 6) is 1.49. The van der Waals surface area contributed by atoms with E-state index < -0.39 is 0 Å². The molecular weight excluding hydrogens is 509 g/mol. The number of allylic oxidation sites excluding steroid dienone is 14. The largest absolute Gasteiger partial charge is 0.170 e. The topological polar surface area (TPSA) is 0 Å². The lowest BCUT2D eigenvalue weighted by molar-refractivity contribution is 0.525. The van der Waals surface area contributed by atoms with Crippen LogP contribution < -0.4 is 0 Å². The van der Waals surface area contributed by atoms with Crippen LogP contribution in [0.3, 0.4) is 0 Å². The summed E-state index contributed by atoms with van der Waals surface area (Å²) in [4.78, 5) is 1.04. The van der Waals surface area contributed by atoms with Crippen molar-refractivity contribution in [2.45, 2.75) is 23.0 Å². The van der Waals surface area contributed by atoms with Gasteiger partial charge in [0.1, 0.15) is 0 Å². The minimum Gasteiger partial charge on any atom is -0.170 e. The first kappa shape index (κ1) is 23.7. The van der Waals surface area contributed by atoms with Gasteiger partial charge in [-0.25, -0.2) is 0 Å². The zero-order valence-corrected chi connectivity index (χ0v) is 23.5. The average molecular weight is 539 g/mol. The summed E-state index contributed by atoms with van der Waals surface area (Å²) in [6, 6.07) is 22.1. The van der Waals surface area contributed by atoms with Crippen LogP contribution >= 0.6 is 25.3 Å². The molecule has 3 aromatic rings. The SMILES string of the molecule is Sc1ccc(C2=CC3=C4C(C=CC(C5=C6C=CC=CC6C(S)c6ccccc65)C4C=CC3)C2)c2ccccc12. The van der Waals surface area contributed by atoms with E-state index in [2.05, 4.69) is 115 Å². The lowest BCUT2D eigenvalue weighted by Gasteiger charge is -2.43. The molecule has 0 spiro atoms. The molecule has 0 aromatic heterocycles. The fourth-order valence-electron chi connectivity index (χ4n) is 7.73. The van der Waals surface area contributed by atoms with E-state index in [0.717, 1.165) is 17.7 Å². The fourth-order valence-corrected chi connectivity index (χ4v) is 8.48. The molecule has 0 saturated heterocycles. The van der Waals surface area contributed by atoms with E-state index in [9.17, 15) is 0 Å². The molecule has 0 bridgehead atoms. The second kappa shape index (κ2) is 9.18. The van der Waals surface area contributed by atoms with Crippen LogP contribution in [0.2, 0.25) is 0 Å². The Morgan fingerprint density at radius 2 is 1.56 bits per heavy atom. The molecule has 0 N–H and O–H groups in total. The maximum Gasteiger partial charge on any atom is 0.0376 e. The molecule has 8 rings (SSSR count). The monoisotopic (exact) mass is 538 g/mol. The van der Waals surface area contributed by atoms with Crippen molar-refractivity contribution in [1.29, 1.82) is 0 Å². The zero-order chi connectivity index (χ0) is 26.1. The molecule has 0 nitrogen and oxygen atoms in total. The molecule has 39 heavy (non-hydrogen) atoms. The molecule has 0 radical (unpaired) electrons. The lowest BCUT2D eigenvalue weighted by Crippen LogP contribution is -2.30. The van der Waals surface area contributed by atoms with Gasteiger partial charge in [-0.05, 0) is 68.7 Å². The number of fused-ring (bicyclic) bond motifs is 3. The first-order valence-electron chi connectivity index (χ1n) is 14.0. The standard InChI is InChI=1S/C37H30S2/c38-34-19-18-25(26-9-1-2-10-27(26)34)24-20-22-8-7-15-28-31(17-16-23(21-24)35(22)28)36-29-11-3-5-13-32(29)37(39)33-14-6-4-12-30(33)36/h1-7,9-20,23,28,31-32,37-39H,8,21H2. The van der Waals surface area contributed by atoms with Gasteiger partial charge in [0.25, 0.3) is 0 Å². The number of rotatable bonds is 2. The summed E-state index contributed by atoms with van der Waals surface area (Å²) < 4.78 is 0. The fraction of sp³-hybridized carbons (Fsp3) is 0.189. The Kier molecular flexibility index (Phi) is 5.57. The van der Waals surface area contributed by atoms with Crippen molar-refractivity contribution in [1.82, 2.24) is 0 Å². The molecule has 0 amide bonds. The predicted octanol–water partition coefficient (Wildman–Crippen LogP) is 9.77. The van der Waals surface area contributed by atoms with Gasteiger partial charge in [0.2, 0.25) is 0 Å². The number of hydrogen-bond donors (Lipinski definition) is 2. The molecule has 5 unspecified atom stereocenters. The molecule has 0 fully saturated rings. The molecule has 5 aliphatic rings. The summed E-state index contributed by atoms with van der Waals surface area (Å²) in [5.41, 5.74) is 11.6. The molecule has 0 saturated carbocycles. The van der Waals surface area contributed by atoms with Gasteiger partial charge < -0.3 is 0 Å². The molecule has 0 heterocycles. The third-order valence-corrected chi connectivity index (χ3v) is 10.4. The van der Waals surface area contributed by atoms with Crippen molar-refractivity contribution in [3.05, 3.63) is 149 Å². The number of hydrogen-bond acceptors (Lipinski definition) is 2. The second-order valence-electron chi connectivity index (χ2n) is 11.4. The van der Waals surface area contributed by atoms with Crippen LogP contribution in [0.5, 0.6) is 0 Å². The van der Waals surface area contributed by atoms with Crippen LogP contribution in [-0.4, -0.2) is 0 Å². The van der Waals surface area contributed by atoms with Gasteiger partial charge in [0.15, 0.2) is 0 Å². The highest BCUT2D eigenvalue weighted by molar-refractivity contribution is 7.80. The van der Waals surface area contributed by atoms with Crippen molar-refractivity contribution in [2.75, 3.05) is 0 Å². The van der Waals surface area contributed by atoms with Crippen LogP contribution in [0.25, 0.3) is 21.9 Å². The van der Waals surface area contributed by atoms with Crippen LogP contribution in [0.1, 0.15) is 34.8 Å². The van der Waals surface area contributed by atoms with Gasteiger partial charge in [0, 0.05) is 33.8 Å². The van der Waals surface area contributed by atoms with Gasteiger partial charge in [-0.2, -0.15) is 12.6 Å². The summed E-state index contributed by atoms with van der Waals surface area (Å²) in [7, 11) is 0. The van der Waals surface area contributed by atoms with E-state index in [0.29, 0.717) is 23.7 Å². The van der Waals surface area contributed by atoms with Crippen LogP contribution in [0, 0.1) is 23.7 Å². The zero-order valence-electron chi connectivity index (χ0n) is 21.7. The molecule has 2 heteroatoms. The Balaban J connectivity index is 1.27. The van der Waals surface area contributed by atoms with Gasteiger partial charge in [0.05, 0.1) is 0 Å². The Bertz CT molecular complexity index is 1750. The quantitative estimate of drug-likeness (QED) is 0.235. The van der Waals surface area contributed by atoms with E-state index in [4.69, 9.17) is 25.3 Å². The Morgan fingerprint density at radius 1 is 0.718 bits per heavy atom. The van der Waals surface area contributed by atoms with E-state index in [1.807, 2.05) is 0 Å². The van der Waals surface area contributed by atoms with Crippen LogP contribution in [0.15, 0.2) is 137 Å². The van der Waals surface area contributed by atoms with Gasteiger partial charge in [-0.3, -0.25) is 0 Å². The first-order valence-corrected chi connectivity index (χ1v) is 15.0. The minimum atomic E-state index is 0.191. The Labute approximate surface area is 241 Å². The van der Waals surface area contributed by atoms with E-state index >= 15 is 0 Å². The maximum absolute atomic E-state index is 5.12. The summed E-state index contributed by atoms with van der Waals surface area (Å²) in [6.45, 7) is 0. The molecule has 5 aliphatic carbocycles. The minimum absolute atomic E-state index is 0.191. The van der Waals surface area contributed by atoms with Crippen molar-refractivity contribution in [3.8, 4) is 0 Å². The van der Waals surface area contributed by atoms with Gasteiger partial charge in [-0.1, -0.05) is 115 Å². The van der Waals surface area contributed by atoms with E-state index in [1.54, 1.807) is 5.57 Å². The highest BCUT2D eigenvalue weighted by Gasteiger charge is 2.41. The highest BCUT2D eigenvalue weighted by Crippen LogP contribution is 2.55. The molecule has 190 valence electrons. The molecule has 0 aliphatic heterocycles. The second-order valence-corrected chi connectivity index (χ2v) is 12.4. The molecule has 3 aromatic carbocycles. The smallest absolute Gasteiger partial charge is 0.0376 e. The number of thiol groups is 2. The van der Waals surface area contributed by atoms with Crippen molar-refractivity contribution >= 4 is 47.2 Å². The first-order chi connectivity index (χ1) is 19.2. The summed E-state index contributed by atoms with van der Waals surface area (Å²) in [5, 5.41) is 2.73. The van der Waals surface area contributed by atoms with Gasteiger partial charge in [-0.15, -0.1) is 12.6 Å². The third kappa shape index (κ3) is 3.61. The number of benzene rings is 3. The summed E-state index contributed by atoms with van der Waals surface area (Å²) >= 11 is 9.86. The van der Waals surface area contributed by atoms with E-state index in [1.165, 1.54) is 49.8 Å². The Morgan fingerprint density at radius 3 is 2.49 bits per heavy atom. The van der Waals surface area contributed by atoms with Gasteiger partial charge >= 0.3 is 0 Å². The average Bonchev–Trinajstić information content (AvgIpc) is 2.99. The lowest BCUT2D eigenvalue weighted by atomic mass is 9.61. The normalized spacial score (nSPS) is 28.4. The van der Waals surface area contributed by atoms with Crippen LogP contribution in [0.4, 0.5) is 0 Å².